The molecule has 0 amide bonds. The van der Waals surface area contributed by atoms with E-state index in [0.29, 0.717) is 30.7 Å². The van der Waals surface area contributed by atoms with Crippen LogP contribution in [-0.4, -0.2) is 70.1 Å². The smallest absolute Gasteiger partial charge is 0.232 e. The SMILES string of the molecule is CN(C)c1nc(N)nc(CSc2nnc(N3CCOCC3)n2-c2ccccc2)n1. The molecule has 1 aliphatic heterocycles. The van der Waals surface area contributed by atoms with E-state index < -0.39 is 0 Å². The predicted molar refractivity (Wildman–Crippen MR) is 113 cm³/mol. The van der Waals surface area contributed by atoms with Gasteiger partial charge in [-0.05, 0) is 12.1 Å². The number of aromatic nitrogens is 6. The molecule has 0 bridgehead atoms. The van der Waals surface area contributed by atoms with Gasteiger partial charge in [0.25, 0.3) is 0 Å². The highest BCUT2D eigenvalue weighted by Gasteiger charge is 2.22. The zero-order valence-corrected chi connectivity index (χ0v) is 17.2. The lowest BCUT2D eigenvalue weighted by Gasteiger charge is -2.27. The van der Waals surface area contributed by atoms with Crippen LogP contribution in [-0.2, 0) is 10.5 Å². The van der Waals surface area contributed by atoms with Gasteiger partial charge in [0.2, 0.25) is 17.8 Å². The van der Waals surface area contributed by atoms with Gasteiger partial charge in [0.05, 0.1) is 24.7 Å². The van der Waals surface area contributed by atoms with Crippen molar-refractivity contribution in [3.8, 4) is 5.69 Å². The van der Waals surface area contributed by atoms with Crippen molar-refractivity contribution in [2.75, 3.05) is 55.9 Å². The van der Waals surface area contributed by atoms with Crippen molar-refractivity contribution in [3.63, 3.8) is 0 Å². The highest BCUT2D eigenvalue weighted by atomic mass is 32.2. The van der Waals surface area contributed by atoms with Crippen LogP contribution in [0.5, 0.6) is 0 Å². The lowest BCUT2D eigenvalue weighted by Crippen LogP contribution is -2.37. The number of benzene rings is 1. The number of hydrogen-bond acceptors (Lipinski definition) is 10. The quantitative estimate of drug-likeness (QED) is 0.592. The Morgan fingerprint density at radius 3 is 2.55 bits per heavy atom. The van der Waals surface area contributed by atoms with Gasteiger partial charge < -0.3 is 20.3 Å². The van der Waals surface area contributed by atoms with Gasteiger partial charge in [-0.1, -0.05) is 30.0 Å². The molecule has 11 heteroatoms. The third kappa shape index (κ3) is 4.40. The van der Waals surface area contributed by atoms with Gasteiger partial charge in [0, 0.05) is 27.2 Å². The lowest BCUT2D eigenvalue weighted by molar-refractivity contribution is 0.122. The molecule has 1 saturated heterocycles. The van der Waals surface area contributed by atoms with Crippen LogP contribution in [0.4, 0.5) is 17.8 Å². The number of nitrogens with zero attached hydrogens (tertiary/aromatic N) is 8. The Balaban J connectivity index is 1.63. The van der Waals surface area contributed by atoms with E-state index in [2.05, 4.69) is 34.6 Å². The van der Waals surface area contributed by atoms with E-state index in [1.54, 1.807) is 4.90 Å². The number of hydrogen-bond donors (Lipinski definition) is 1. The standard InChI is InChI=1S/C18H23N9OS/c1-25(2)16-21-14(20-15(19)22-16)12-29-18-24-23-17(26-8-10-28-11-9-26)27(18)13-6-4-3-5-7-13/h3-7H,8-12H2,1-2H3,(H2,19,20,21,22). The molecule has 0 saturated carbocycles. The minimum atomic E-state index is 0.206. The van der Waals surface area contributed by atoms with Gasteiger partial charge in [0.1, 0.15) is 5.82 Å². The summed E-state index contributed by atoms with van der Waals surface area (Å²) in [4.78, 5) is 16.9. The molecular formula is C18H23N9OS. The molecule has 0 spiro atoms. The van der Waals surface area contributed by atoms with Gasteiger partial charge in [-0.15, -0.1) is 10.2 Å². The van der Waals surface area contributed by atoms with Crippen LogP contribution >= 0.6 is 11.8 Å². The Hall–Kier alpha value is -2.92. The predicted octanol–water partition coefficient (Wildman–Crippen LogP) is 1.23. The maximum atomic E-state index is 5.84. The van der Waals surface area contributed by atoms with Gasteiger partial charge in [-0.2, -0.15) is 15.0 Å². The van der Waals surface area contributed by atoms with Crippen molar-refractivity contribution in [2.45, 2.75) is 10.9 Å². The fourth-order valence-corrected chi connectivity index (χ4v) is 3.75. The van der Waals surface area contributed by atoms with E-state index >= 15 is 0 Å². The largest absolute Gasteiger partial charge is 0.378 e. The van der Waals surface area contributed by atoms with Crippen molar-refractivity contribution in [1.82, 2.24) is 29.7 Å². The van der Waals surface area contributed by atoms with E-state index in [1.165, 1.54) is 11.8 Å². The normalized spacial score (nSPS) is 14.2. The molecule has 3 aromatic rings. The first kappa shape index (κ1) is 19.4. The summed E-state index contributed by atoms with van der Waals surface area (Å²) in [6.07, 6.45) is 0. The zero-order valence-electron chi connectivity index (χ0n) is 16.4. The maximum absolute atomic E-state index is 5.84. The number of nitrogens with two attached hydrogens (primary N) is 1. The summed E-state index contributed by atoms with van der Waals surface area (Å²) in [5, 5.41) is 9.68. The summed E-state index contributed by atoms with van der Waals surface area (Å²) in [6, 6.07) is 10.1. The fourth-order valence-electron chi connectivity index (χ4n) is 2.95. The van der Waals surface area contributed by atoms with Crippen LogP contribution in [0.15, 0.2) is 35.5 Å². The average molecular weight is 414 g/mol. The topological polar surface area (TPSA) is 111 Å². The molecule has 0 aliphatic carbocycles. The maximum Gasteiger partial charge on any atom is 0.232 e. The summed E-state index contributed by atoms with van der Waals surface area (Å²) in [5.74, 6) is 2.65. The van der Waals surface area contributed by atoms with Gasteiger partial charge in [0.15, 0.2) is 5.16 Å². The van der Waals surface area contributed by atoms with E-state index in [9.17, 15) is 0 Å². The van der Waals surface area contributed by atoms with E-state index in [4.69, 9.17) is 10.5 Å². The van der Waals surface area contributed by atoms with Crippen molar-refractivity contribution >= 4 is 29.6 Å². The molecule has 0 unspecified atom stereocenters. The highest BCUT2D eigenvalue weighted by Crippen LogP contribution is 2.28. The second kappa shape index (κ2) is 8.62. The molecule has 0 radical (unpaired) electrons. The summed E-state index contributed by atoms with van der Waals surface area (Å²) in [5.41, 5.74) is 6.84. The molecule has 4 rings (SSSR count). The zero-order chi connectivity index (χ0) is 20.2. The minimum Gasteiger partial charge on any atom is -0.378 e. The number of thioether (sulfide) groups is 1. The van der Waals surface area contributed by atoms with Crippen molar-refractivity contribution in [2.24, 2.45) is 0 Å². The van der Waals surface area contributed by atoms with Crippen LogP contribution in [0, 0.1) is 0 Å². The van der Waals surface area contributed by atoms with Crippen molar-refractivity contribution in [3.05, 3.63) is 36.2 Å². The van der Waals surface area contributed by atoms with E-state index in [1.807, 2.05) is 44.4 Å². The number of morpholine rings is 1. The first-order chi connectivity index (χ1) is 14.1. The fraction of sp³-hybridized carbons (Fsp3) is 0.389. The first-order valence-corrected chi connectivity index (χ1v) is 10.2. The molecule has 29 heavy (non-hydrogen) atoms. The van der Waals surface area contributed by atoms with Crippen LogP contribution in [0.1, 0.15) is 5.82 Å². The number of anilines is 3. The second-order valence-corrected chi connectivity index (χ2v) is 7.59. The molecule has 3 heterocycles. The van der Waals surface area contributed by atoms with Crippen LogP contribution in [0.2, 0.25) is 0 Å². The molecule has 2 N–H and O–H groups in total. The Morgan fingerprint density at radius 1 is 1.07 bits per heavy atom. The summed E-state index contributed by atoms with van der Waals surface area (Å²) >= 11 is 1.51. The van der Waals surface area contributed by atoms with Crippen molar-refractivity contribution < 1.29 is 4.74 Å². The molecule has 1 aliphatic rings. The number of ether oxygens (including phenoxy) is 1. The Kier molecular flexibility index (Phi) is 5.76. The van der Waals surface area contributed by atoms with Gasteiger partial charge in [-0.3, -0.25) is 4.57 Å². The second-order valence-electron chi connectivity index (χ2n) is 6.65. The molecule has 0 atom stereocenters. The Labute approximate surface area is 173 Å². The minimum absolute atomic E-state index is 0.206. The van der Waals surface area contributed by atoms with Crippen LogP contribution in [0.3, 0.4) is 0 Å². The van der Waals surface area contributed by atoms with Crippen LogP contribution in [0.25, 0.3) is 5.69 Å². The summed E-state index contributed by atoms with van der Waals surface area (Å²) < 4.78 is 7.54. The highest BCUT2D eigenvalue weighted by molar-refractivity contribution is 7.98. The Bertz CT molecular complexity index is 957. The third-order valence-corrected chi connectivity index (χ3v) is 5.27. The molecule has 10 nitrogen and oxygen atoms in total. The average Bonchev–Trinajstić information content (AvgIpc) is 3.17. The molecule has 2 aromatic heterocycles. The van der Waals surface area contributed by atoms with E-state index in [0.717, 1.165) is 29.9 Å². The third-order valence-electron chi connectivity index (χ3n) is 4.34. The molecule has 152 valence electrons. The van der Waals surface area contributed by atoms with Gasteiger partial charge in [-0.25, -0.2) is 0 Å². The molecule has 1 aromatic carbocycles. The van der Waals surface area contributed by atoms with E-state index in [-0.39, 0.29) is 5.95 Å². The Morgan fingerprint density at radius 2 is 1.83 bits per heavy atom. The first-order valence-electron chi connectivity index (χ1n) is 9.26. The molecule has 1 fully saturated rings. The number of para-hydroxylation sites is 1. The van der Waals surface area contributed by atoms with Crippen molar-refractivity contribution in [1.29, 1.82) is 0 Å². The monoisotopic (exact) mass is 413 g/mol. The molecular weight excluding hydrogens is 390 g/mol. The summed E-state index contributed by atoms with van der Waals surface area (Å²) in [7, 11) is 3.73. The number of rotatable bonds is 6. The van der Waals surface area contributed by atoms with Gasteiger partial charge >= 0.3 is 0 Å². The lowest BCUT2D eigenvalue weighted by atomic mass is 10.3. The number of nitrogen functional groups attached to an aromatic ring is 1. The summed E-state index contributed by atoms with van der Waals surface area (Å²) in [6.45, 7) is 2.93. The van der Waals surface area contributed by atoms with Crippen LogP contribution < -0.4 is 15.5 Å².